The maximum absolute atomic E-state index is 11.9. The number of benzene rings is 2. The quantitative estimate of drug-likeness (QED) is 0.717. The largest absolute Gasteiger partial charge is 0.326 e. The van der Waals surface area contributed by atoms with Gasteiger partial charge in [-0.2, -0.15) is 0 Å². The Morgan fingerprint density at radius 2 is 1.71 bits per heavy atom. The number of nitrogens with one attached hydrogen (secondary N) is 2. The van der Waals surface area contributed by atoms with Crippen LogP contribution >= 0.6 is 23.4 Å². The molecule has 2 aromatic carbocycles. The van der Waals surface area contributed by atoms with Crippen LogP contribution in [0.1, 0.15) is 6.42 Å². The summed E-state index contributed by atoms with van der Waals surface area (Å²) >= 11 is 7.39. The first-order valence-electron chi connectivity index (χ1n) is 7.12. The van der Waals surface area contributed by atoms with Crippen LogP contribution in [0.4, 0.5) is 5.69 Å². The number of sulfonamides is 1. The number of carbonyl (C=O) groups excluding carboxylic acids is 1. The Labute approximate surface area is 150 Å². The Balaban J connectivity index is 1.83. The van der Waals surface area contributed by atoms with E-state index >= 15 is 0 Å². The van der Waals surface area contributed by atoms with E-state index in [2.05, 4.69) is 10.0 Å². The van der Waals surface area contributed by atoms with Gasteiger partial charge in [-0.05, 0) is 55.6 Å². The number of carbonyl (C=O) groups is 1. The highest BCUT2D eigenvalue weighted by Crippen LogP contribution is 2.21. The van der Waals surface area contributed by atoms with Crippen LogP contribution in [0.3, 0.4) is 0 Å². The molecular weight excluding hydrogens is 368 g/mol. The minimum atomic E-state index is -3.47. The van der Waals surface area contributed by atoms with Gasteiger partial charge >= 0.3 is 0 Å². The summed E-state index contributed by atoms with van der Waals surface area (Å²) < 4.78 is 25.5. The summed E-state index contributed by atoms with van der Waals surface area (Å²) in [4.78, 5) is 13.1. The van der Waals surface area contributed by atoms with Crippen LogP contribution in [0, 0.1) is 0 Å². The van der Waals surface area contributed by atoms with Crippen LogP contribution < -0.4 is 10.0 Å². The third kappa shape index (κ3) is 5.52. The molecule has 24 heavy (non-hydrogen) atoms. The lowest BCUT2D eigenvalue weighted by molar-refractivity contribution is -0.115. The summed E-state index contributed by atoms with van der Waals surface area (Å²) in [6.07, 6.45) is 0.351. The lowest BCUT2D eigenvalue weighted by Gasteiger charge is -2.07. The number of amides is 1. The Kier molecular flexibility index (Phi) is 6.68. The van der Waals surface area contributed by atoms with E-state index in [0.29, 0.717) is 22.9 Å². The van der Waals surface area contributed by atoms with Crippen molar-refractivity contribution in [3.05, 3.63) is 53.6 Å². The van der Waals surface area contributed by atoms with Crippen molar-refractivity contribution < 1.29 is 13.2 Å². The molecule has 0 bridgehead atoms. The van der Waals surface area contributed by atoms with Crippen molar-refractivity contribution in [1.29, 1.82) is 0 Å². The summed E-state index contributed by atoms with van der Waals surface area (Å²) in [6.45, 7) is 0. The second-order valence-corrected chi connectivity index (χ2v) is 8.32. The molecule has 2 rings (SSSR count). The molecule has 1 amide bonds. The molecule has 2 N–H and O–H groups in total. The van der Waals surface area contributed by atoms with E-state index in [1.54, 1.807) is 23.9 Å². The maximum atomic E-state index is 11.9. The molecule has 0 saturated carbocycles. The van der Waals surface area contributed by atoms with E-state index in [4.69, 9.17) is 11.6 Å². The number of rotatable bonds is 7. The summed E-state index contributed by atoms with van der Waals surface area (Å²) in [5.74, 6) is 0.514. The summed E-state index contributed by atoms with van der Waals surface area (Å²) in [5, 5.41) is 3.43. The van der Waals surface area contributed by atoms with Gasteiger partial charge in [-0.3, -0.25) is 4.79 Å². The second kappa shape index (κ2) is 8.53. The lowest BCUT2D eigenvalue weighted by atomic mass is 10.3. The number of thioether (sulfide) groups is 1. The van der Waals surface area contributed by atoms with Gasteiger partial charge in [0.25, 0.3) is 0 Å². The van der Waals surface area contributed by atoms with Crippen LogP contribution in [-0.2, 0) is 14.8 Å². The molecule has 0 heterocycles. The summed E-state index contributed by atoms with van der Waals surface area (Å²) in [5.41, 5.74) is 0.562. The lowest BCUT2D eigenvalue weighted by Crippen LogP contribution is -2.18. The third-order valence-electron chi connectivity index (χ3n) is 3.13. The highest BCUT2D eigenvalue weighted by Gasteiger charge is 2.11. The summed E-state index contributed by atoms with van der Waals surface area (Å²) in [7, 11) is -2.12. The number of hydrogen-bond acceptors (Lipinski definition) is 4. The van der Waals surface area contributed by atoms with Crippen molar-refractivity contribution in [1.82, 2.24) is 4.72 Å². The molecule has 0 aliphatic rings. The predicted octanol–water partition coefficient (Wildman–Crippen LogP) is 3.37. The Bertz CT molecular complexity index is 791. The molecule has 0 saturated heterocycles. The first-order valence-corrected chi connectivity index (χ1v) is 9.97. The van der Waals surface area contributed by atoms with Crippen LogP contribution in [0.2, 0.25) is 5.02 Å². The molecule has 0 atom stereocenters. The van der Waals surface area contributed by atoms with Gasteiger partial charge in [0.1, 0.15) is 0 Å². The van der Waals surface area contributed by atoms with Crippen LogP contribution in [0.5, 0.6) is 0 Å². The van der Waals surface area contributed by atoms with Crippen molar-refractivity contribution in [2.45, 2.75) is 16.2 Å². The number of anilines is 1. The van der Waals surface area contributed by atoms with E-state index in [-0.39, 0.29) is 10.8 Å². The van der Waals surface area contributed by atoms with Crippen LogP contribution in [0.25, 0.3) is 0 Å². The predicted molar refractivity (Wildman–Crippen MR) is 98.1 cm³/mol. The van der Waals surface area contributed by atoms with Gasteiger partial charge in [0.15, 0.2) is 0 Å². The highest BCUT2D eigenvalue weighted by molar-refractivity contribution is 7.99. The van der Waals surface area contributed by atoms with E-state index in [1.165, 1.54) is 19.2 Å². The van der Waals surface area contributed by atoms with Crippen molar-refractivity contribution in [2.24, 2.45) is 0 Å². The molecule has 2 aromatic rings. The van der Waals surface area contributed by atoms with Crippen molar-refractivity contribution in [3.8, 4) is 0 Å². The average Bonchev–Trinajstić information content (AvgIpc) is 2.57. The molecule has 0 aliphatic carbocycles. The van der Waals surface area contributed by atoms with Gasteiger partial charge in [0.2, 0.25) is 15.9 Å². The van der Waals surface area contributed by atoms with Crippen molar-refractivity contribution in [3.63, 3.8) is 0 Å². The van der Waals surface area contributed by atoms with Gasteiger partial charge in [0, 0.05) is 27.8 Å². The zero-order valence-corrected chi connectivity index (χ0v) is 15.3. The van der Waals surface area contributed by atoms with Crippen molar-refractivity contribution in [2.75, 3.05) is 18.1 Å². The number of hydrogen-bond donors (Lipinski definition) is 2. The molecule has 128 valence electrons. The van der Waals surface area contributed by atoms with Gasteiger partial charge in [0.05, 0.1) is 4.90 Å². The minimum Gasteiger partial charge on any atom is -0.326 e. The Morgan fingerprint density at radius 1 is 1.08 bits per heavy atom. The second-order valence-electron chi connectivity index (χ2n) is 4.83. The molecular formula is C16H17ClN2O3S2. The average molecular weight is 385 g/mol. The molecule has 0 fully saturated rings. The van der Waals surface area contributed by atoms with Crippen molar-refractivity contribution >= 4 is 45.0 Å². The molecule has 0 aliphatic heterocycles. The fourth-order valence-corrected chi connectivity index (χ4v) is 3.56. The zero-order valence-electron chi connectivity index (χ0n) is 13.0. The molecule has 0 aromatic heterocycles. The Hall–Kier alpha value is -1.54. The smallest absolute Gasteiger partial charge is 0.240 e. The monoisotopic (exact) mass is 384 g/mol. The van der Waals surface area contributed by atoms with Gasteiger partial charge in [-0.1, -0.05) is 11.6 Å². The fraction of sp³-hybridized carbons (Fsp3) is 0.188. The van der Waals surface area contributed by atoms with Crippen LogP contribution in [-0.4, -0.2) is 27.1 Å². The molecule has 0 spiro atoms. The molecule has 8 heteroatoms. The Morgan fingerprint density at radius 3 is 2.29 bits per heavy atom. The van der Waals surface area contributed by atoms with Gasteiger partial charge < -0.3 is 5.32 Å². The van der Waals surface area contributed by atoms with Gasteiger partial charge in [-0.25, -0.2) is 13.1 Å². The maximum Gasteiger partial charge on any atom is 0.240 e. The minimum absolute atomic E-state index is 0.124. The SMILES string of the molecule is CNS(=O)(=O)c1ccc(NC(=O)CCSc2ccc(Cl)cc2)cc1. The third-order valence-corrected chi connectivity index (χ3v) is 5.82. The normalized spacial score (nSPS) is 11.2. The van der Waals surface area contributed by atoms with E-state index in [9.17, 15) is 13.2 Å². The summed E-state index contributed by atoms with van der Waals surface area (Å²) in [6, 6.07) is 13.5. The van der Waals surface area contributed by atoms with Crippen LogP contribution in [0.15, 0.2) is 58.3 Å². The van der Waals surface area contributed by atoms with E-state index in [0.717, 1.165) is 4.90 Å². The topological polar surface area (TPSA) is 75.3 Å². The molecule has 0 unspecified atom stereocenters. The molecule has 5 nitrogen and oxygen atoms in total. The fourth-order valence-electron chi connectivity index (χ4n) is 1.85. The zero-order chi connectivity index (χ0) is 17.6. The highest BCUT2D eigenvalue weighted by atomic mass is 35.5. The molecule has 0 radical (unpaired) electrons. The van der Waals surface area contributed by atoms with E-state index < -0.39 is 10.0 Å². The first kappa shape index (κ1) is 18.8. The standard InChI is InChI=1S/C16H17ClN2O3S2/c1-18-24(21,22)15-8-4-13(5-9-15)19-16(20)10-11-23-14-6-2-12(17)3-7-14/h2-9,18H,10-11H2,1H3,(H,19,20). The van der Waals surface area contributed by atoms with E-state index in [1.807, 2.05) is 24.3 Å². The number of halogens is 1. The first-order chi connectivity index (χ1) is 11.4. The van der Waals surface area contributed by atoms with Gasteiger partial charge in [-0.15, -0.1) is 11.8 Å².